The van der Waals surface area contributed by atoms with Crippen molar-refractivity contribution in [3.8, 4) is 0 Å². The van der Waals surface area contributed by atoms with Gasteiger partial charge in [-0.05, 0) is 64.5 Å². The maximum atomic E-state index is 12.1. The molecule has 0 aliphatic heterocycles. The van der Waals surface area contributed by atoms with Crippen LogP contribution in [-0.2, 0) is 11.2 Å². The Morgan fingerprint density at radius 2 is 2.06 bits per heavy atom. The van der Waals surface area contributed by atoms with Gasteiger partial charge in [-0.1, -0.05) is 0 Å². The topological polar surface area (TPSA) is 17.1 Å². The van der Waals surface area contributed by atoms with Crippen molar-refractivity contribution < 1.29 is 18.0 Å². The summed E-state index contributed by atoms with van der Waals surface area (Å²) >= 11 is 1.91. The Morgan fingerprint density at radius 3 is 2.62 bits per heavy atom. The molecule has 0 atom stereocenters. The predicted molar refractivity (Wildman–Crippen MR) is 65.5 cm³/mol. The molecule has 0 N–H and O–H groups in total. The van der Waals surface area contributed by atoms with E-state index in [9.17, 15) is 18.0 Å². The first-order chi connectivity index (χ1) is 7.42. The molecule has 0 spiro atoms. The monoisotopic (exact) mass is 360 g/mol. The number of alkyl halides is 3. The van der Waals surface area contributed by atoms with E-state index in [1.54, 1.807) is 6.07 Å². The molecule has 1 nitrogen and oxygen atoms in total. The van der Waals surface area contributed by atoms with Crippen molar-refractivity contribution in [2.24, 2.45) is 0 Å². The average Bonchev–Trinajstić information content (AvgIpc) is 2.17. The van der Waals surface area contributed by atoms with Gasteiger partial charge in [-0.25, -0.2) is 0 Å². The van der Waals surface area contributed by atoms with Crippen LogP contribution in [0.2, 0.25) is 0 Å². The van der Waals surface area contributed by atoms with Gasteiger partial charge in [-0.2, -0.15) is 13.2 Å². The SMILES string of the molecule is O=CCCc1cc(SC(F)(F)F)ccc1I. The molecule has 0 amide bonds. The summed E-state index contributed by atoms with van der Waals surface area (Å²) in [5.74, 6) is 0. The molecular weight excluding hydrogens is 352 g/mol. The van der Waals surface area contributed by atoms with Crippen molar-refractivity contribution in [3.05, 3.63) is 27.3 Å². The van der Waals surface area contributed by atoms with Gasteiger partial charge in [-0.3, -0.25) is 0 Å². The van der Waals surface area contributed by atoms with Gasteiger partial charge in [0.05, 0.1) is 0 Å². The molecule has 0 saturated heterocycles. The molecule has 0 radical (unpaired) electrons. The lowest BCUT2D eigenvalue weighted by atomic mass is 10.1. The first-order valence-corrected chi connectivity index (χ1v) is 6.29. The number of hydrogen-bond donors (Lipinski definition) is 0. The minimum Gasteiger partial charge on any atom is -0.303 e. The van der Waals surface area contributed by atoms with Crippen LogP contribution in [-0.4, -0.2) is 11.8 Å². The molecule has 88 valence electrons. The Bertz CT molecular complexity index is 379. The lowest BCUT2D eigenvalue weighted by Gasteiger charge is -2.08. The zero-order valence-corrected chi connectivity index (χ0v) is 11.0. The van der Waals surface area contributed by atoms with E-state index in [1.807, 2.05) is 22.6 Å². The van der Waals surface area contributed by atoms with Gasteiger partial charge in [0.25, 0.3) is 0 Å². The minimum absolute atomic E-state index is 0.135. The summed E-state index contributed by atoms with van der Waals surface area (Å²) in [6, 6.07) is 4.56. The largest absolute Gasteiger partial charge is 0.446 e. The van der Waals surface area contributed by atoms with Gasteiger partial charge in [0.15, 0.2) is 0 Å². The van der Waals surface area contributed by atoms with Crippen molar-refractivity contribution in [1.29, 1.82) is 0 Å². The average molecular weight is 360 g/mol. The Kier molecular flexibility index (Phi) is 5.10. The molecule has 0 unspecified atom stereocenters. The third kappa shape index (κ3) is 4.73. The number of thioether (sulfide) groups is 1. The van der Waals surface area contributed by atoms with E-state index in [2.05, 4.69) is 0 Å². The Labute approximate surface area is 109 Å². The van der Waals surface area contributed by atoms with Gasteiger partial charge < -0.3 is 4.79 Å². The van der Waals surface area contributed by atoms with E-state index in [1.165, 1.54) is 12.1 Å². The molecule has 6 heteroatoms. The van der Waals surface area contributed by atoms with Crippen LogP contribution in [0.1, 0.15) is 12.0 Å². The highest BCUT2D eigenvalue weighted by atomic mass is 127. The number of hydrogen-bond acceptors (Lipinski definition) is 2. The highest BCUT2D eigenvalue weighted by molar-refractivity contribution is 14.1. The lowest BCUT2D eigenvalue weighted by molar-refractivity contribution is -0.107. The number of carbonyl (C=O) groups is 1. The smallest absolute Gasteiger partial charge is 0.303 e. The zero-order chi connectivity index (χ0) is 12.2. The standard InChI is InChI=1S/C10H8F3IOS/c11-10(12,13)16-8-3-4-9(14)7(6-8)2-1-5-15/h3-6H,1-2H2. The molecule has 0 heterocycles. The molecule has 0 aliphatic rings. The summed E-state index contributed by atoms with van der Waals surface area (Å²) in [5, 5.41) is 0. The Hall–Kier alpha value is -0.240. The van der Waals surface area contributed by atoms with E-state index >= 15 is 0 Å². The molecule has 16 heavy (non-hydrogen) atoms. The van der Waals surface area contributed by atoms with Crippen LogP contribution >= 0.6 is 34.4 Å². The Morgan fingerprint density at radius 1 is 1.38 bits per heavy atom. The van der Waals surface area contributed by atoms with Crippen LogP contribution in [0.15, 0.2) is 23.1 Å². The van der Waals surface area contributed by atoms with Crippen LogP contribution in [0.5, 0.6) is 0 Å². The van der Waals surface area contributed by atoms with Gasteiger partial charge in [0.1, 0.15) is 6.29 Å². The van der Waals surface area contributed by atoms with Gasteiger partial charge in [-0.15, -0.1) is 0 Å². The summed E-state index contributed by atoms with van der Waals surface area (Å²) in [7, 11) is 0. The van der Waals surface area contributed by atoms with Crippen LogP contribution in [0.25, 0.3) is 0 Å². The lowest BCUT2D eigenvalue weighted by Crippen LogP contribution is -2.00. The second-order valence-corrected chi connectivity index (χ2v) is 5.31. The molecule has 0 saturated carbocycles. The first-order valence-electron chi connectivity index (χ1n) is 4.40. The molecule has 1 aromatic rings. The molecule has 0 fully saturated rings. The van der Waals surface area contributed by atoms with Crippen molar-refractivity contribution >= 4 is 40.6 Å². The second kappa shape index (κ2) is 5.90. The van der Waals surface area contributed by atoms with Crippen molar-refractivity contribution in [1.82, 2.24) is 0 Å². The molecule has 0 aromatic heterocycles. The van der Waals surface area contributed by atoms with Crippen molar-refractivity contribution in [2.45, 2.75) is 23.2 Å². The van der Waals surface area contributed by atoms with Crippen LogP contribution < -0.4 is 0 Å². The quantitative estimate of drug-likeness (QED) is 0.458. The second-order valence-electron chi connectivity index (χ2n) is 3.01. The number of benzene rings is 1. The maximum Gasteiger partial charge on any atom is 0.446 e. The summed E-state index contributed by atoms with van der Waals surface area (Å²) in [6.07, 6.45) is 1.57. The van der Waals surface area contributed by atoms with Crippen LogP contribution in [0.4, 0.5) is 13.2 Å². The minimum atomic E-state index is -4.27. The normalized spacial score (nSPS) is 11.5. The number of aryl methyl sites for hydroxylation is 1. The van der Waals surface area contributed by atoms with Gasteiger partial charge in [0, 0.05) is 14.9 Å². The number of halogens is 4. The third-order valence-corrected chi connectivity index (χ3v) is 3.56. The van der Waals surface area contributed by atoms with Crippen LogP contribution in [0.3, 0.4) is 0 Å². The highest BCUT2D eigenvalue weighted by Gasteiger charge is 2.29. The van der Waals surface area contributed by atoms with Crippen molar-refractivity contribution in [3.63, 3.8) is 0 Å². The molecular formula is C10H8F3IOS. The summed E-state index contributed by atoms with van der Waals surface area (Å²) in [6.45, 7) is 0. The predicted octanol–water partition coefficient (Wildman–Crippen LogP) is 4.03. The van der Waals surface area contributed by atoms with E-state index in [0.29, 0.717) is 12.8 Å². The summed E-state index contributed by atoms with van der Waals surface area (Å²) in [5.41, 5.74) is -3.49. The fourth-order valence-corrected chi connectivity index (χ4v) is 2.36. The third-order valence-electron chi connectivity index (χ3n) is 1.78. The zero-order valence-electron chi connectivity index (χ0n) is 8.05. The molecule has 0 aliphatic carbocycles. The molecule has 1 aromatic carbocycles. The van der Waals surface area contributed by atoms with Gasteiger partial charge >= 0.3 is 5.51 Å². The number of carbonyl (C=O) groups excluding carboxylic acids is 1. The summed E-state index contributed by atoms with van der Waals surface area (Å²) < 4.78 is 37.3. The molecule has 1 rings (SSSR count). The number of aldehydes is 1. The van der Waals surface area contributed by atoms with E-state index in [-0.39, 0.29) is 16.7 Å². The van der Waals surface area contributed by atoms with Crippen molar-refractivity contribution in [2.75, 3.05) is 0 Å². The van der Waals surface area contributed by atoms with Gasteiger partial charge in [0.2, 0.25) is 0 Å². The fourth-order valence-electron chi connectivity index (χ4n) is 1.15. The van der Waals surface area contributed by atoms with Crippen LogP contribution in [0, 0.1) is 3.57 Å². The fraction of sp³-hybridized carbons (Fsp3) is 0.300. The molecule has 0 bridgehead atoms. The first kappa shape index (κ1) is 13.8. The highest BCUT2D eigenvalue weighted by Crippen LogP contribution is 2.37. The maximum absolute atomic E-state index is 12.1. The van der Waals surface area contributed by atoms with E-state index in [4.69, 9.17) is 0 Å². The number of rotatable bonds is 4. The van der Waals surface area contributed by atoms with E-state index < -0.39 is 5.51 Å². The Balaban J connectivity index is 2.84. The van der Waals surface area contributed by atoms with E-state index in [0.717, 1.165) is 15.4 Å². The summed E-state index contributed by atoms with van der Waals surface area (Å²) in [4.78, 5) is 10.4.